The summed E-state index contributed by atoms with van der Waals surface area (Å²) in [5, 5.41) is 0. The standard InChI is InChI=1S/C11H13ClO2/c1-11(9-5-3-2-4-6-9)13-8-10(7-12)14-11/h2-6,10H,7-8H2,1H3. The van der Waals surface area contributed by atoms with Gasteiger partial charge >= 0.3 is 0 Å². The van der Waals surface area contributed by atoms with Crippen molar-refractivity contribution >= 4 is 11.6 Å². The molecule has 1 fully saturated rings. The molecule has 1 aliphatic heterocycles. The average molecular weight is 213 g/mol. The van der Waals surface area contributed by atoms with E-state index in [1.807, 2.05) is 37.3 Å². The third-order valence-electron chi connectivity index (χ3n) is 2.41. The van der Waals surface area contributed by atoms with Gasteiger partial charge in [0, 0.05) is 5.56 Å². The lowest BCUT2D eigenvalue weighted by molar-refractivity contribution is -0.159. The lowest BCUT2D eigenvalue weighted by atomic mass is 10.1. The van der Waals surface area contributed by atoms with Crippen molar-refractivity contribution in [2.75, 3.05) is 12.5 Å². The first-order valence-corrected chi connectivity index (χ1v) is 5.21. The smallest absolute Gasteiger partial charge is 0.192 e. The minimum atomic E-state index is -0.624. The second-order valence-electron chi connectivity index (χ2n) is 3.52. The maximum absolute atomic E-state index is 5.73. The van der Waals surface area contributed by atoms with Gasteiger partial charge in [0.25, 0.3) is 0 Å². The molecular weight excluding hydrogens is 200 g/mol. The van der Waals surface area contributed by atoms with Crippen LogP contribution in [0.25, 0.3) is 0 Å². The van der Waals surface area contributed by atoms with Crippen molar-refractivity contribution < 1.29 is 9.47 Å². The Kier molecular flexibility index (Phi) is 2.77. The monoisotopic (exact) mass is 212 g/mol. The summed E-state index contributed by atoms with van der Waals surface area (Å²) in [4.78, 5) is 0. The molecule has 0 radical (unpaired) electrons. The van der Waals surface area contributed by atoms with Crippen LogP contribution in [0.3, 0.4) is 0 Å². The third kappa shape index (κ3) is 1.78. The summed E-state index contributed by atoms with van der Waals surface area (Å²) in [6, 6.07) is 9.91. The molecule has 1 aromatic carbocycles. The van der Waals surface area contributed by atoms with Gasteiger partial charge < -0.3 is 9.47 Å². The molecule has 2 nitrogen and oxygen atoms in total. The van der Waals surface area contributed by atoms with Crippen molar-refractivity contribution in [1.82, 2.24) is 0 Å². The summed E-state index contributed by atoms with van der Waals surface area (Å²) in [6.45, 7) is 2.49. The van der Waals surface area contributed by atoms with Crippen LogP contribution >= 0.6 is 11.6 Å². The second-order valence-corrected chi connectivity index (χ2v) is 3.83. The first-order chi connectivity index (χ1) is 6.74. The van der Waals surface area contributed by atoms with Crippen LogP contribution in [0.2, 0.25) is 0 Å². The van der Waals surface area contributed by atoms with Gasteiger partial charge in [0.1, 0.15) is 0 Å². The fraction of sp³-hybridized carbons (Fsp3) is 0.455. The van der Waals surface area contributed by atoms with Crippen LogP contribution in [-0.2, 0) is 15.3 Å². The van der Waals surface area contributed by atoms with Gasteiger partial charge in [-0.2, -0.15) is 0 Å². The summed E-state index contributed by atoms with van der Waals surface area (Å²) in [5.74, 6) is -0.150. The van der Waals surface area contributed by atoms with E-state index in [1.54, 1.807) is 0 Å². The van der Waals surface area contributed by atoms with E-state index in [0.717, 1.165) is 5.56 Å². The molecule has 1 heterocycles. The highest BCUT2D eigenvalue weighted by Crippen LogP contribution is 2.33. The quantitative estimate of drug-likeness (QED) is 0.702. The highest BCUT2D eigenvalue weighted by atomic mass is 35.5. The maximum Gasteiger partial charge on any atom is 0.192 e. The molecule has 3 heteroatoms. The van der Waals surface area contributed by atoms with Crippen LogP contribution in [0.5, 0.6) is 0 Å². The molecule has 0 aliphatic carbocycles. The van der Waals surface area contributed by atoms with Gasteiger partial charge in [0.15, 0.2) is 5.79 Å². The minimum Gasteiger partial charge on any atom is -0.343 e. The van der Waals surface area contributed by atoms with Crippen molar-refractivity contribution in [2.24, 2.45) is 0 Å². The van der Waals surface area contributed by atoms with Gasteiger partial charge in [-0.3, -0.25) is 0 Å². The summed E-state index contributed by atoms with van der Waals surface area (Å²) in [6.07, 6.45) is 0.00173. The third-order valence-corrected chi connectivity index (χ3v) is 2.75. The first kappa shape index (κ1) is 9.97. The molecule has 1 saturated heterocycles. The van der Waals surface area contributed by atoms with Crippen LogP contribution in [0.1, 0.15) is 12.5 Å². The van der Waals surface area contributed by atoms with Gasteiger partial charge in [0.05, 0.1) is 18.6 Å². The summed E-state index contributed by atoms with van der Waals surface area (Å²) in [7, 11) is 0. The summed E-state index contributed by atoms with van der Waals surface area (Å²) >= 11 is 5.72. The molecule has 0 spiro atoms. The lowest BCUT2D eigenvalue weighted by Crippen LogP contribution is -2.24. The van der Waals surface area contributed by atoms with E-state index in [0.29, 0.717) is 12.5 Å². The average Bonchev–Trinajstić information content (AvgIpc) is 2.63. The Morgan fingerprint density at radius 3 is 2.71 bits per heavy atom. The van der Waals surface area contributed by atoms with E-state index >= 15 is 0 Å². The van der Waals surface area contributed by atoms with Crippen LogP contribution < -0.4 is 0 Å². The highest BCUT2D eigenvalue weighted by Gasteiger charge is 2.38. The number of rotatable bonds is 2. The SMILES string of the molecule is CC1(c2ccccc2)OCC(CCl)O1. The van der Waals surface area contributed by atoms with E-state index in [4.69, 9.17) is 21.1 Å². The zero-order chi connectivity index (χ0) is 10.0. The van der Waals surface area contributed by atoms with Crippen LogP contribution in [0.4, 0.5) is 0 Å². The fourth-order valence-corrected chi connectivity index (χ4v) is 1.76. The van der Waals surface area contributed by atoms with Gasteiger partial charge in [0.2, 0.25) is 0 Å². The van der Waals surface area contributed by atoms with Crippen LogP contribution in [0, 0.1) is 0 Å². The van der Waals surface area contributed by atoms with E-state index in [2.05, 4.69) is 0 Å². The number of ether oxygens (including phenoxy) is 2. The number of alkyl halides is 1. The predicted molar refractivity (Wildman–Crippen MR) is 55.3 cm³/mol. The zero-order valence-corrected chi connectivity index (χ0v) is 8.83. The molecule has 2 atom stereocenters. The van der Waals surface area contributed by atoms with Crippen molar-refractivity contribution in [2.45, 2.75) is 18.8 Å². The normalized spacial score (nSPS) is 32.0. The van der Waals surface area contributed by atoms with Crippen LogP contribution in [-0.4, -0.2) is 18.6 Å². The van der Waals surface area contributed by atoms with Gasteiger partial charge in [-0.05, 0) is 6.92 Å². The van der Waals surface area contributed by atoms with E-state index < -0.39 is 5.79 Å². The molecule has 2 rings (SSSR count). The molecule has 0 amide bonds. The largest absolute Gasteiger partial charge is 0.343 e. The summed E-state index contributed by atoms with van der Waals surface area (Å²) < 4.78 is 11.4. The molecular formula is C11H13ClO2. The lowest BCUT2D eigenvalue weighted by Gasteiger charge is -2.23. The maximum atomic E-state index is 5.73. The second kappa shape index (κ2) is 3.89. The molecule has 14 heavy (non-hydrogen) atoms. The number of halogens is 1. The molecule has 0 aromatic heterocycles. The molecule has 1 aromatic rings. The Bertz CT molecular complexity index is 301. The van der Waals surface area contributed by atoms with Gasteiger partial charge in [-0.15, -0.1) is 11.6 Å². The van der Waals surface area contributed by atoms with Crippen molar-refractivity contribution in [3.8, 4) is 0 Å². The first-order valence-electron chi connectivity index (χ1n) is 4.68. The Morgan fingerprint density at radius 2 is 2.14 bits per heavy atom. The molecule has 0 bridgehead atoms. The molecule has 0 N–H and O–H groups in total. The molecule has 0 saturated carbocycles. The van der Waals surface area contributed by atoms with E-state index in [-0.39, 0.29) is 6.10 Å². The van der Waals surface area contributed by atoms with Gasteiger partial charge in [-0.1, -0.05) is 30.3 Å². The minimum absolute atomic E-state index is 0.00173. The Morgan fingerprint density at radius 1 is 1.43 bits per heavy atom. The summed E-state index contributed by atoms with van der Waals surface area (Å²) in [5.41, 5.74) is 1.03. The number of benzene rings is 1. The van der Waals surface area contributed by atoms with Crippen molar-refractivity contribution in [1.29, 1.82) is 0 Å². The highest BCUT2D eigenvalue weighted by molar-refractivity contribution is 6.18. The topological polar surface area (TPSA) is 18.5 Å². The zero-order valence-electron chi connectivity index (χ0n) is 8.07. The van der Waals surface area contributed by atoms with Crippen molar-refractivity contribution in [3.63, 3.8) is 0 Å². The van der Waals surface area contributed by atoms with Crippen LogP contribution in [0.15, 0.2) is 30.3 Å². The fourth-order valence-electron chi connectivity index (χ4n) is 1.61. The van der Waals surface area contributed by atoms with Crippen molar-refractivity contribution in [3.05, 3.63) is 35.9 Å². The van der Waals surface area contributed by atoms with E-state index in [1.165, 1.54) is 0 Å². The molecule has 76 valence electrons. The number of hydrogen-bond acceptors (Lipinski definition) is 2. The predicted octanol–water partition coefficient (Wildman–Crippen LogP) is 2.51. The molecule has 1 aliphatic rings. The Labute approximate surface area is 88.8 Å². The van der Waals surface area contributed by atoms with Gasteiger partial charge in [-0.25, -0.2) is 0 Å². The number of hydrogen-bond donors (Lipinski definition) is 0. The Hall–Kier alpha value is -0.570. The molecule has 2 unspecified atom stereocenters. The van der Waals surface area contributed by atoms with E-state index in [9.17, 15) is 0 Å². The Balaban J connectivity index is 2.19.